The van der Waals surface area contributed by atoms with E-state index in [1.54, 1.807) is 0 Å². The Morgan fingerprint density at radius 1 is 1.26 bits per heavy atom. The number of benzene rings is 1. The fourth-order valence-electron chi connectivity index (χ4n) is 4.71. The average Bonchev–Trinajstić information content (AvgIpc) is 3.10. The van der Waals surface area contributed by atoms with Gasteiger partial charge in [-0.15, -0.1) is 0 Å². The number of carbonyl (C=O) groups excluding carboxylic acids is 1. The maximum atomic E-state index is 12.7. The first-order valence-electron chi connectivity index (χ1n) is 7.40. The zero-order valence-electron chi connectivity index (χ0n) is 11.9. The number of anilines is 1. The number of aliphatic carboxylic acids is 1. The highest BCUT2D eigenvalue weighted by Crippen LogP contribution is 2.59. The summed E-state index contributed by atoms with van der Waals surface area (Å²) in [6.45, 7) is 0. The van der Waals surface area contributed by atoms with E-state index in [0.717, 1.165) is 0 Å². The average molecular weight is 318 g/mol. The van der Waals surface area contributed by atoms with Crippen LogP contribution in [0.25, 0.3) is 0 Å². The molecule has 3 fully saturated rings. The summed E-state index contributed by atoms with van der Waals surface area (Å²) < 4.78 is 0. The summed E-state index contributed by atoms with van der Waals surface area (Å²) in [6.07, 6.45) is -0.345. The van der Waals surface area contributed by atoms with Crippen LogP contribution in [0.2, 0.25) is 0 Å². The Hall–Kier alpha value is -2.48. The van der Waals surface area contributed by atoms with Crippen molar-refractivity contribution < 1.29 is 24.7 Å². The van der Waals surface area contributed by atoms with Gasteiger partial charge < -0.3 is 15.1 Å². The molecule has 2 aliphatic carbocycles. The zero-order chi connectivity index (χ0) is 16.5. The van der Waals surface area contributed by atoms with Crippen molar-refractivity contribution >= 4 is 23.3 Å². The monoisotopic (exact) mass is 318 g/mol. The quantitative estimate of drug-likeness (QED) is 0.623. The lowest BCUT2D eigenvalue weighted by Crippen LogP contribution is -2.44. The summed E-state index contributed by atoms with van der Waals surface area (Å²) in [7, 11) is 0. The number of nitro groups is 1. The molecule has 0 aromatic heterocycles. The van der Waals surface area contributed by atoms with Gasteiger partial charge in [-0.3, -0.25) is 19.7 Å². The Kier molecular flexibility index (Phi) is 2.77. The minimum atomic E-state index is -1.04. The van der Waals surface area contributed by atoms with Gasteiger partial charge in [0.2, 0.25) is 5.91 Å². The molecule has 1 saturated heterocycles. The van der Waals surface area contributed by atoms with Crippen molar-refractivity contribution in [2.45, 2.75) is 18.6 Å². The van der Waals surface area contributed by atoms with Gasteiger partial charge in [-0.1, -0.05) is 0 Å². The van der Waals surface area contributed by atoms with Crippen molar-refractivity contribution in [1.29, 1.82) is 0 Å². The molecule has 6 atom stereocenters. The third-order valence-corrected chi connectivity index (χ3v) is 5.53. The molecule has 8 heteroatoms. The molecule has 1 aromatic rings. The van der Waals surface area contributed by atoms with Gasteiger partial charge in [-0.25, -0.2) is 0 Å². The van der Waals surface area contributed by atoms with Gasteiger partial charge in [0.25, 0.3) is 5.69 Å². The molecule has 0 spiro atoms. The molecule has 23 heavy (non-hydrogen) atoms. The van der Waals surface area contributed by atoms with Crippen LogP contribution < -0.4 is 4.90 Å². The van der Waals surface area contributed by atoms with Gasteiger partial charge in [-0.2, -0.15) is 0 Å². The lowest BCUT2D eigenvalue weighted by molar-refractivity contribution is -0.384. The number of aliphatic hydroxyl groups is 1. The van der Waals surface area contributed by atoms with Gasteiger partial charge in [0.15, 0.2) is 0 Å². The summed E-state index contributed by atoms with van der Waals surface area (Å²) in [5, 5.41) is 30.6. The van der Waals surface area contributed by atoms with E-state index in [-0.39, 0.29) is 17.5 Å². The van der Waals surface area contributed by atoms with Crippen molar-refractivity contribution in [1.82, 2.24) is 0 Å². The van der Waals surface area contributed by atoms with E-state index in [1.165, 1.54) is 29.2 Å². The standard InChI is InChI=1S/C15H14N2O6/c18-13-9-5-8-10(11(9)15(20)21)14(19)16(12(8)13)6-1-3-7(4-2-6)17(22)23/h1-4,8-13,18H,5H2,(H,20,21). The molecular weight excluding hydrogens is 304 g/mol. The second-order valence-corrected chi connectivity index (χ2v) is 6.42. The SMILES string of the molecule is O=C(O)C1C2CC3C1C(=O)N(c1ccc([N+](=O)[O-])cc1)C3C2O. The van der Waals surface area contributed by atoms with Crippen LogP contribution >= 0.6 is 0 Å². The Bertz CT molecular complexity index is 717. The number of nitro benzene ring substituents is 1. The predicted molar refractivity (Wildman–Crippen MR) is 76.6 cm³/mol. The minimum absolute atomic E-state index is 0.0865. The van der Waals surface area contributed by atoms with Crippen LogP contribution in [0.15, 0.2) is 24.3 Å². The number of nitrogens with zero attached hydrogens (tertiary/aromatic N) is 2. The summed E-state index contributed by atoms with van der Waals surface area (Å²) in [6, 6.07) is 5.11. The third kappa shape index (κ3) is 1.69. The van der Waals surface area contributed by atoms with E-state index >= 15 is 0 Å². The molecule has 1 heterocycles. The molecule has 2 saturated carbocycles. The highest BCUT2D eigenvalue weighted by Gasteiger charge is 2.69. The van der Waals surface area contributed by atoms with Crippen LogP contribution in [0.1, 0.15) is 6.42 Å². The lowest BCUT2D eigenvalue weighted by Gasteiger charge is -2.30. The second-order valence-electron chi connectivity index (χ2n) is 6.42. The number of carboxylic acids is 1. The Balaban J connectivity index is 1.73. The Morgan fingerprint density at radius 3 is 2.48 bits per heavy atom. The summed E-state index contributed by atoms with van der Waals surface area (Å²) in [4.78, 5) is 35.8. The van der Waals surface area contributed by atoms with E-state index < -0.39 is 40.8 Å². The molecule has 0 radical (unpaired) electrons. The lowest BCUT2D eigenvalue weighted by atomic mass is 9.78. The second kappa shape index (κ2) is 4.51. The smallest absolute Gasteiger partial charge is 0.307 e. The van der Waals surface area contributed by atoms with E-state index in [4.69, 9.17) is 0 Å². The molecule has 120 valence electrons. The van der Waals surface area contributed by atoms with Gasteiger partial charge in [0.05, 0.1) is 28.9 Å². The van der Waals surface area contributed by atoms with Crippen LogP contribution in [0.4, 0.5) is 11.4 Å². The number of aliphatic hydroxyl groups excluding tert-OH is 1. The van der Waals surface area contributed by atoms with E-state index in [9.17, 15) is 29.9 Å². The summed E-state index contributed by atoms with van der Waals surface area (Å²) in [5.74, 6) is -3.37. The first kappa shape index (κ1) is 14.1. The van der Waals surface area contributed by atoms with Gasteiger partial charge >= 0.3 is 5.97 Å². The maximum absolute atomic E-state index is 12.7. The molecule has 3 aliphatic rings. The van der Waals surface area contributed by atoms with Gasteiger partial charge in [0.1, 0.15) is 0 Å². The summed E-state index contributed by atoms with van der Waals surface area (Å²) >= 11 is 0. The number of amides is 1. The highest BCUT2D eigenvalue weighted by molar-refractivity contribution is 6.02. The number of rotatable bonds is 3. The molecule has 8 nitrogen and oxygen atoms in total. The minimum Gasteiger partial charge on any atom is -0.481 e. The number of hydrogen-bond acceptors (Lipinski definition) is 5. The van der Waals surface area contributed by atoms with Crippen LogP contribution in [0, 0.1) is 33.8 Å². The molecule has 1 amide bonds. The fourth-order valence-corrected chi connectivity index (χ4v) is 4.71. The maximum Gasteiger partial charge on any atom is 0.307 e. The normalized spacial score (nSPS) is 37.4. The highest BCUT2D eigenvalue weighted by atomic mass is 16.6. The van der Waals surface area contributed by atoms with Gasteiger partial charge in [-0.05, 0) is 24.5 Å². The Labute approximate surface area is 130 Å². The largest absolute Gasteiger partial charge is 0.481 e. The van der Waals surface area contributed by atoms with E-state index in [0.29, 0.717) is 12.1 Å². The Morgan fingerprint density at radius 2 is 1.91 bits per heavy atom. The predicted octanol–water partition coefficient (Wildman–Crippen LogP) is 0.638. The summed E-state index contributed by atoms with van der Waals surface area (Å²) in [5.41, 5.74) is 0.375. The first-order valence-corrected chi connectivity index (χ1v) is 7.40. The van der Waals surface area contributed by atoms with Crippen molar-refractivity contribution in [2.24, 2.45) is 23.7 Å². The molecular formula is C15H14N2O6. The number of fused-ring (bicyclic) bond motifs is 1. The van der Waals surface area contributed by atoms with Crippen LogP contribution in [-0.4, -0.2) is 39.2 Å². The number of carboxylic acid groups (broad SMARTS) is 1. The molecule has 6 unspecified atom stereocenters. The third-order valence-electron chi connectivity index (χ3n) is 5.53. The van der Waals surface area contributed by atoms with Crippen molar-refractivity contribution in [2.75, 3.05) is 4.90 Å². The van der Waals surface area contributed by atoms with Crippen LogP contribution in [-0.2, 0) is 9.59 Å². The van der Waals surface area contributed by atoms with Crippen LogP contribution in [0.5, 0.6) is 0 Å². The molecule has 1 aliphatic heterocycles. The van der Waals surface area contributed by atoms with Gasteiger partial charge in [0, 0.05) is 23.7 Å². The number of non-ortho nitro benzene ring substituents is 1. The first-order chi connectivity index (χ1) is 10.9. The molecule has 2 N–H and O–H groups in total. The molecule has 4 rings (SSSR count). The number of carbonyl (C=O) groups is 2. The van der Waals surface area contributed by atoms with E-state index in [1.807, 2.05) is 0 Å². The van der Waals surface area contributed by atoms with Crippen molar-refractivity contribution in [3.05, 3.63) is 34.4 Å². The number of hydrogen-bond donors (Lipinski definition) is 2. The fraction of sp³-hybridized carbons (Fsp3) is 0.467. The van der Waals surface area contributed by atoms with Crippen molar-refractivity contribution in [3.8, 4) is 0 Å². The van der Waals surface area contributed by atoms with Crippen LogP contribution in [0.3, 0.4) is 0 Å². The topological polar surface area (TPSA) is 121 Å². The molecule has 1 aromatic carbocycles. The zero-order valence-corrected chi connectivity index (χ0v) is 11.9. The van der Waals surface area contributed by atoms with E-state index in [2.05, 4.69) is 0 Å². The van der Waals surface area contributed by atoms with Crippen molar-refractivity contribution in [3.63, 3.8) is 0 Å². The molecule has 2 bridgehead atoms.